The predicted octanol–water partition coefficient (Wildman–Crippen LogP) is 3.79. The van der Waals surface area contributed by atoms with Crippen molar-refractivity contribution in [3.8, 4) is 5.95 Å². The van der Waals surface area contributed by atoms with Crippen molar-refractivity contribution in [2.45, 2.75) is 0 Å². The number of rotatable bonds is 3. The molecule has 4 rings (SSSR count). The summed E-state index contributed by atoms with van der Waals surface area (Å²) in [5.74, 6) is -0.580. The lowest BCUT2D eigenvalue weighted by molar-refractivity contribution is 0.102. The highest BCUT2D eigenvalue weighted by Gasteiger charge is 2.21. The van der Waals surface area contributed by atoms with Gasteiger partial charge in [0.1, 0.15) is 5.82 Å². The Kier molecular flexibility index (Phi) is 3.39. The minimum Gasteiger partial charge on any atom is -0.287 e. The van der Waals surface area contributed by atoms with Crippen LogP contribution >= 0.6 is 0 Å². The van der Waals surface area contributed by atoms with E-state index in [2.05, 4.69) is 9.97 Å². The van der Waals surface area contributed by atoms with Crippen LogP contribution in [0.1, 0.15) is 16.1 Å². The molecule has 5 heteroatoms. The molecule has 4 nitrogen and oxygen atoms in total. The van der Waals surface area contributed by atoms with E-state index in [0.29, 0.717) is 11.6 Å². The summed E-state index contributed by atoms with van der Waals surface area (Å²) < 4.78 is 15.7. The Morgan fingerprint density at radius 3 is 2.42 bits per heavy atom. The summed E-state index contributed by atoms with van der Waals surface area (Å²) in [5.41, 5.74) is 1.15. The molecule has 0 aliphatic heterocycles. The molecule has 2 heterocycles. The van der Waals surface area contributed by atoms with Gasteiger partial charge in [0.25, 0.3) is 0 Å². The molecule has 0 aliphatic rings. The first-order chi connectivity index (χ1) is 11.8. The fourth-order valence-electron chi connectivity index (χ4n) is 2.73. The van der Waals surface area contributed by atoms with E-state index in [9.17, 15) is 9.18 Å². The van der Waals surface area contributed by atoms with E-state index in [1.54, 1.807) is 41.2 Å². The summed E-state index contributed by atoms with van der Waals surface area (Å²) in [6.07, 6.45) is 3.21. The van der Waals surface area contributed by atoms with Crippen molar-refractivity contribution in [3.05, 3.63) is 90.1 Å². The van der Waals surface area contributed by atoms with Crippen LogP contribution in [-0.2, 0) is 0 Å². The average molecular weight is 317 g/mol. The van der Waals surface area contributed by atoms with Crippen molar-refractivity contribution < 1.29 is 9.18 Å². The average Bonchev–Trinajstić information content (AvgIpc) is 3.02. The van der Waals surface area contributed by atoms with Crippen molar-refractivity contribution in [2.75, 3.05) is 0 Å². The fraction of sp³-hybridized carbons (Fsp3) is 0. The van der Waals surface area contributed by atoms with Crippen LogP contribution in [0.25, 0.3) is 16.9 Å². The molecule has 0 aliphatic carbocycles. The fourth-order valence-corrected chi connectivity index (χ4v) is 2.73. The summed E-state index contributed by atoms with van der Waals surface area (Å²) in [6.45, 7) is 0. The minimum absolute atomic E-state index is 0.0255. The third-order valence-electron chi connectivity index (χ3n) is 3.81. The second kappa shape index (κ2) is 5.70. The summed E-state index contributed by atoms with van der Waals surface area (Å²) in [6, 6.07) is 16.9. The van der Waals surface area contributed by atoms with Gasteiger partial charge in [-0.05, 0) is 30.3 Å². The van der Waals surface area contributed by atoms with E-state index in [4.69, 9.17) is 0 Å². The highest BCUT2D eigenvalue weighted by Crippen LogP contribution is 2.25. The van der Waals surface area contributed by atoms with E-state index in [1.807, 2.05) is 24.3 Å². The van der Waals surface area contributed by atoms with Crippen LogP contribution in [0.15, 0.2) is 73.1 Å². The highest BCUT2D eigenvalue weighted by molar-refractivity contribution is 6.11. The summed E-state index contributed by atoms with van der Waals surface area (Å²) in [4.78, 5) is 21.4. The van der Waals surface area contributed by atoms with E-state index in [0.717, 1.165) is 10.9 Å². The number of carbonyl (C=O) groups is 1. The molecule has 0 N–H and O–H groups in total. The Morgan fingerprint density at radius 1 is 0.917 bits per heavy atom. The molecule has 0 radical (unpaired) electrons. The Labute approximate surface area is 137 Å². The van der Waals surface area contributed by atoms with Crippen LogP contribution < -0.4 is 0 Å². The second-order valence-corrected chi connectivity index (χ2v) is 5.28. The van der Waals surface area contributed by atoms with Crippen LogP contribution in [0.5, 0.6) is 0 Å². The maximum Gasteiger partial charge on any atom is 0.234 e. The highest BCUT2D eigenvalue weighted by atomic mass is 19.1. The van der Waals surface area contributed by atoms with Gasteiger partial charge in [0.2, 0.25) is 11.7 Å². The predicted molar refractivity (Wildman–Crippen MR) is 88.7 cm³/mol. The van der Waals surface area contributed by atoms with Crippen molar-refractivity contribution in [1.29, 1.82) is 0 Å². The number of halogens is 1. The lowest BCUT2D eigenvalue weighted by Crippen LogP contribution is -2.12. The first-order valence-electron chi connectivity index (χ1n) is 7.43. The van der Waals surface area contributed by atoms with Crippen LogP contribution in [0.3, 0.4) is 0 Å². The van der Waals surface area contributed by atoms with Crippen molar-refractivity contribution in [3.63, 3.8) is 0 Å². The molecule has 0 spiro atoms. The maximum atomic E-state index is 14.1. The molecule has 0 amide bonds. The van der Waals surface area contributed by atoms with E-state index in [1.165, 1.54) is 12.1 Å². The van der Waals surface area contributed by atoms with Gasteiger partial charge in [-0.25, -0.2) is 14.4 Å². The molecule has 0 bridgehead atoms. The number of carbonyl (C=O) groups excluding carboxylic acids is 1. The first kappa shape index (κ1) is 14.3. The van der Waals surface area contributed by atoms with Gasteiger partial charge in [-0.1, -0.05) is 30.3 Å². The molecule has 0 fully saturated rings. The van der Waals surface area contributed by atoms with Crippen LogP contribution in [-0.4, -0.2) is 20.3 Å². The van der Waals surface area contributed by atoms with E-state index < -0.39 is 11.6 Å². The zero-order valence-electron chi connectivity index (χ0n) is 12.6. The molecule has 4 aromatic rings. The molecule has 0 atom stereocenters. The van der Waals surface area contributed by atoms with E-state index >= 15 is 0 Å². The number of benzene rings is 2. The monoisotopic (exact) mass is 317 g/mol. The van der Waals surface area contributed by atoms with Gasteiger partial charge in [-0.3, -0.25) is 9.36 Å². The molecule has 116 valence electrons. The molecule has 0 saturated carbocycles. The van der Waals surface area contributed by atoms with E-state index in [-0.39, 0.29) is 5.56 Å². The SMILES string of the molecule is O=C(c1ccccc1F)c1cc2ccccc2n1-c1ncccn1. The molecule has 0 unspecified atom stereocenters. The van der Waals surface area contributed by atoms with Gasteiger partial charge >= 0.3 is 0 Å². The van der Waals surface area contributed by atoms with Gasteiger partial charge in [-0.2, -0.15) is 0 Å². The lowest BCUT2D eigenvalue weighted by atomic mass is 10.1. The van der Waals surface area contributed by atoms with Gasteiger partial charge in [0.15, 0.2) is 0 Å². The third-order valence-corrected chi connectivity index (χ3v) is 3.81. The zero-order valence-corrected chi connectivity index (χ0v) is 12.6. The molecule has 0 saturated heterocycles. The number of para-hydroxylation sites is 1. The number of fused-ring (bicyclic) bond motifs is 1. The molecule has 2 aromatic carbocycles. The largest absolute Gasteiger partial charge is 0.287 e. The Morgan fingerprint density at radius 2 is 1.62 bits per heavy atom. The Balaban J connectivity index is 1.99. The Hall–Kier alpha value is -3.34. The molecule has 24 heavy (non-hydrogen) atoms. The van der Waals surface area contributed by atoms with Crippen LogP contribution in [0.2, 0.25) is 0 Å². The summed E-state index contributed by atoms with van der Waals surface area (Å²) in [5, 5.41) is 0.865. The minimum atomic E-state index is -0.548. The maximum absolute atomic E-state index is 14.1. The second-order valence-electron chi connectivity index (χ2n) is 5.28. The molecular formula is C19H12FN3O. The smallest absolute Gasteiger partial charge is 0.234 e. The standard InChI is InChI=1S/C19H12FN3O/c20-15-8-3-2-7-14(15)18(24)17-12-13-6-1-4-9-16(13)23(17)19-21-10-5-11-22-19/h1-12H. The number of nitrogens with zero attached hydrogens (tertiary/aromatic N) is 3. The first-order valence-corrected chi connectivity index (χ1v) is 7.43. The summed E-state index contributed by atoms with van der Waals surface area (Å²) in [7, 11) is 0. The van der Waals surface area contributed by atoms with Crippen LogP contribution in [0.4, 0.5) is 4.39 Å². The number of aromatic nitrogens is 3. The quantitative estimate of drug-likeness (QED) is 0.540. The van der Waals surface area contributed by atoms with Crippen molar-refractivity contribution >= 4 is 16.7 Å². The van der Waals surface area contributed by atoms with Gasteiger partial charge in [0, 0.05) is 17.8 Å². The van der Waals surface area contributed by atoms with Crippen molar-refractivity contribution in [1.82, 2.24) is 14.5 Å². The summed E-state index contributed by atoms with van der Waals surface area (Å²) >= 11 is 0. The number of hydrogen-bond acceptors (Lipinski definition) is 3. The topological polar surface area (TPSA) is 47.8 Å². The number of hydrogen-bond donors (Lipinski definition) is 0. The van der Waals surface area contributed by atoms with Crippen LogP contribution in [0, 0.1) is 5.82 Å². The lowest BCUT2D eigenvalue weighted by Gasteiger charge is -2.08. The van der Waals surface area contributed by atoms with Gasteiger partial charge < -0.3 is 0 Å². The number of ketones is 1. The van der Waals surface area contributed by atoms with Gasteiger partial charge in [0.05, 0.1) is 16.8 Å². The zero-order chi connectivity index (χ0) is 16.5. The van der Waals surface area contributed by atoms with Crippen molar-refractivity contribution in [2.24, 2.45) is 0 Å². The Bertz CT molecular complexity index is 1040. The molecular weight excluding hydrogens is 305 g/mol. The third kappa shape index (κ3) is 2.27. The normalized spacial score (nSPS) is 10.9. The molecule has 2 aromatic heterocycles. The van der Waals surface area contributed by atoms with Gasteiger partial charge in [-0.15, -0.1) is 0 Å².